The number of nitrogens with zero attached hydrogens (tertiary/aromatic N) is 1. The van der Waals surface area contributed by atoms with Gasteiger partial charge in [0.1, 0.15) is 0 Å². The number of hydrogen-bond donors (Lipinski definition) is 1. The molecule has 9 heteroatoms. The molecule has 1 fully saturated rings. The molecule has 0 saturated carbocycles. The second-order valence-electron chi connectivity index (χ2n) is 7.14. The molecule has 2 atom stereocenters. The number of carbonyl (C=O) groups is 1. The van der Waals surface area contributed by atoms with Crippen LogP contribution in [0.2, 0.25) is 0 Å². The Morgan fingerprint density at radius 3 is 2.80 bits per heavy atom. The van der Waals surface area contributed by atoms with Crippen LogP contribution in [0.4, 0.5) is 0 Å². The Labute approximate surface area is 175 Å². The van der Waals surface area contributed by atoms with Gasteiger partial charge in [0.05, 0.1) is 39.6 Å². The number of aliphatic hydroxyl groups excluding tert-OH is 1. The molecule has 3 aliphatic heterocycles. The van der Waals surface area contributed by atoms with Crippen LogP contribution in [0.3, 0.4) is 0 Å². The Bertz CT molecular complexity index is 761. The summed E-state index contributed by atoms with van der Waals surface area (Å²) in [7, 11) is 0. The van der Waals surface area contributed by atoms with Crippen LogP contribution >= 0.6 is 0 Å². The highest BCUT2D eigenvalue weighted by atomic mass is 16.7. The van der Waals surface area contributed by atoms with Crippen molar-refractivity contribution in [3.63, 3.8) is 0 Å². The molecule has 3 aliphatic rings. The molecule has 0 unspecified atom stereocenters. The van der Waals surface area contributed by atoms with Gasteiger partial charge in [0.25, 0.3) is 5.91 Å². The molecule has 0 spiro atoms. The lowest BCUT2D eigenvalue weighted by Gasteiger charge is -2.33. The van der Waals surface area contributed by atoms with Crippen molar-refractivity contribution in [2.24, 2.45) is 0 Å². The molecule has 3 heterocycles. The molecule has 0 aliphatic carbocycles. The Balaban J connectivity index is 1.48. The summed E-state index contributed by atoms with van der Waals surface area (Å²) in [6, 6.07) is 5.79. The fraction of sp³-hybridized carbons (Fsp3) is 0.571. The minimum Gasteiger partial charge on any atom is -0.459 e. The molecule has 1 saturated heterocycles. The standard InChI is InChI=1S/C21H27NO8/c23-5-8-26-9-10-27-20-13-16(15-1-2-17-18(11-15)29-14-28-17)12-19(30-20)21(24)22-3-6-25-7-4-22/h1-2,11-12,16,20,23H,3-10,13-14H2/t16-,20+/m1/s1. The van der Waals surface area contributed by atoms with Crippen molar-refractivity contribution >= 4 is 5.91 Å². The summed E-state index contributed by atoms with van der Waals surface area (Å²) in [6.07, 6.45) is 1.83. The largest absolute Gasteiger partial charge is 0.459 e. The lowest BCUT2D eigenvalue weighted by molar-refractivity contribution is -0.158. The second-order valence-corrected chi connectivity index (χ2v) is 7.14. The van der Waals surface area contributed by atoms with E-state index in [2.05, 4.69) is 0 Å². The van der Waals surface area contributed by atoms with Gasteiger partial charge in [-0.05, 0) is 23.8 Å². The molecule has 1 aromatic carbocycles. The fourth-order valence-electron chi connectivity index (χ4n) is 3.61. The van der Waals surface area contributed by atoms with E-state index in [9.17, 15) is 4.79 Å². The van der Waals surface area contributed by atoms with E-state index < -0.39 is 6.29 Å². The molecule has 0 radical (unpaired) electrons. The van der Waals surface area contributed by atoms with Crippen LogP contribution in [0.1, 0.15) is 17.9 Å². The highest BCUT2D eigenvalue weighted by Gasteiger charge is 2.32. The summed E-state index contributed by atoms with van der Waals surface area (Å²) in [6.45, 7) is 3.19. The number of morpholine rings is 1. The molecule has 4 rings (SSSR count). The molecule has 1 amide bonds. The number of hydrogen-bond acceptors (Lipinski definition) is 8. The van der Waals surface area contributed by atoms with E-state index >= 15 is 0 Å². The second kappa shape index (κ2) is 10.1. The molecule has 0 aromatic heterocycles. The highest BCUT2D eigenvalue weighted by Crippen LogP contribution is 2.38. The predicted octanol–water partition coefficient (Wildman–Crippen LogP) is 1.01. The predicted molar refractivity (Wildman–Crippen MR) is 104 cm³/mol. The van der Waals surface area contributed by atoms with E-state index in [0.29, 0.717) is 57.4 Å². The van der Waals surface area contributed by atoms with Crippen molar-refractivity contribution in [2.75, 3.05) is 59.5 Å². The summed E-state index contributed by atoms with van der Waals surface area (Å²) in [4.78, 5) is 14.7. The van der Waals surface area contributed by atoms with Crippen LogP contribution in [-0.4, -0.2) is 81.7 Å². The third-order valence-corrected chi connectivity index (χ3v) is 5.16. The molecule has 9 nitrogen and oxygen atoms in total. The van der Waals surface area contributed by atoms with Crippen LogP contribution < -0.4 is 9.47 Å². The SMILES string of the molecule is O=C(C1=C[C@@H](c2ccc3c(c2)OCO3)C[C@@H](OCCOCCO)O1)N1CCOCC1. The van der Waals surface area contributed by atoms with Gasteiger partial charge in [-0.1, -0.05) is 6.07 Å². The summed E-state index contributed by atoms with van der Waals surface area (Å²) >= 11 is 0. The molecule has 1 N–H and O–H groups in total. The van der Waals surface area contributed by atoms with E-state index in [-0.39, 0.29) is 37.6 Å². The Hall–Kier alpha value is -2.33. The van der Waals surface area contributed by atoms with Gasteiger partial charge in [-0.2, -0.15) is 0 Å². The maximum Gasteiger partial charge on any atom is 0.288 e. The lowest BCUT2D eigenvalue weighted by atomic mass is 9.92. The zero-order valence-electron chi connectivity index (χ0n) is 16.8. The van der Waals surface area contributed by atoms with Gasteiger partial charge in [-0.25, -0.2) is 0 Å². The van der Waals surface area contributed by atoms with Crippen molar-refractivity contribution in [3.05, 3.63) is 35.6 Å². The molecule has 1 aromatic rings. The summed E-state index contributed by atoms with van der Waals surface area (Å²) in [5.41, 5.74) is 1.000. The molecule has 30 heavy (non-hydrogen) atoms. The number of carbonyl (C=O) groups excluding carboxylic acids is 1. The van der Waals surface area contributed by atoms with Crippen LogP contribution in [0.15, 0.2) is 30.0 Å². The minimum absolute atomic E-state index is 0.0347. The minimum atomic E-state index is -0.580. The first-order chi connectivity index (χ1) is 14.7. The van der Waals surface area contributed by atoms with E-state index in [1.807, 2.05) is 24.3 Å². The van der Waals surface area contributed by atoms with Gasteiger partial charge in [0.15, 0.2) is 17.3 Å². The zero-order valence-corrected chi connectivity index (χ0v) is 16.8. The van der Waals surface area contributed by atoms with Gasteiger partial charge in [0.2, 0.25) is 13.1 Å². The smallest absolute Gasteiger partial charge is 0.288 e. The number of ether oxygens (including phenoxy) is 6. The van der Waals surface area contributed by atoms with E-state index in [1.54, 1.807) is 4.90 Å². The number of aliphatic hydroxyl groups is 1. The van der Waals surface area contributed by atoms with Crippen molar-refractivity contribution in [2.45, 2.75) is 18.6 Å². The van der Waals surface area contributed by atoms with Gasteiger partial charge < -0.3 is 38.4 Å². The van der Waals surface area contributed by atoms with Crippen LogP contribution in [0, 0.1) is 0 Å². The van der Waals surface area contributed by atoms with Crippen LogP contribution in [-0.2, 0) is 23.7 Å². The number of allylic oxidation sites excluding steroid dienone is 1. The van der Waals surface area contributed by atoms with Crippen molar-refractivity contribution in [1.29, 1.82) is 0 Å². The maximum atomic E-state index is 13.0. The molecule has 164 valence electrons. The normalized spacial score (nSPS) is 23.1. The van der Waals surface area contributed by atoms with Crippen LogP contribution in [0.25, 0.3) is 0 Å². The molecule has 0 bridgehead atoms. The summed E-state index contributed by atoms with van der Waals surface area (Å²) < 4.78 is 33.2. The summed E-state index contributed by atoms with van der Waals surface area (Å²) in [5.74, 6) is 1.47. The van der Waals surface area contributed by atoms with Gasteiger partial charge in [-0.15, -0.1) is 0 Å². The quantitative estimate of drug-likeness (QED) is 0.622. The number of fused-ring (bicyclic) bond motifs is 1. The highest BCUT2D eigenvalue weighted by molar-refractivity contribution is 5.91. The first-order valence-corrected chi connectivity index (χ1v) is 10.2. The number of benzene rings is 1. The van der Waals surface area contributed by atoms with Crippen molar-refractivity contribution in [1.82, 2.24) is 4.90 Å². The Kier molecular flexibility index (Phi) is 7.06. The lowest BCUT2D eigenvalue weighted by Crippen LogP contribution is -2.43. The first kappa shape index (κ1) is 20.9. The van der Waals surface area contributed by atoms with Gasteiger partial charge >= 0.3 is 0 Å². The third-order valence-electron chi connectivity index (χ3n) is 5.16. The van der Waals surface area contributed by atoms with E-state index in [4.69, 9.17) is 33.5 Å². The Morgan fingerprint density at radius 2 is 1.97 bits per heavy atom. The number of amides is 1. The first-order valence-electron chi connectivity index (χ1n) is 10.2. The maximum absolute atomic E-state index is 13.0. The third kappa shape index (κ3) is 5.04. The monoisotopic (exact) mass is 421 g/mol. The van der Waals surface area contributed by atoms with Crippen LogP contribution in [0.5, 0.6) is 11.5 Å². The zero-order chi connectivity index (χ0) is 20.8. The van der Waals surface area contributed by atoms with E-state index in [1.165, 1.54) is 0 Å². The van der Waals surface area contributed by atoms with E-state index in [0.717, 1.165) is 5.56 Å². The topological polar surface area (TPSA) is 95.9 Å². The van der Waals surface area contributed by atoms with Crippen molar-refractivity contribution in [3.8, 4) is 11.5 Å². The molecular formula is C21H27NO8. The van der Waals surface area contributed by atoms with Gasteiger partial charge in [-0.3, -0.25) is 4.79 Å². The van der Waals surface area contributed by atoms with Gasteiger partial charge in [0, 0.05) is 25.4 Å². The van der Waals surface area contributed by atoms with Crippen molar-refractivity contribution < 1.29 is 38.3 Å². The number of rotatable bonds is 8. The average Bonchev–Trinajstić information content (AvgIpc) is 3.27. The fourth-order valence-corrected chi connectivity index (χ4v) is 3.61. The Morgan fingerprint density at radius 1 is 1.13 bits per heavy atom. The summed E-state index contributed by atoms with van der Waals surface area (Å²) in [5, 5.41) is 8.79. The average molecular weight is 421 g/mol. The molecular weight excluding hydrogens is 394 g/mol.